The van der Waals surface area contributed by atoms with Crippen LogP contribution in [0, 0.1) is 6.92 Å². The molecule has 0 saturated carbocycles. The molecule has 1 heterocycles. The van der Waals surface area contributed by atoms with Gasteiger partial charge in [0.25, 0.3) is 0 Å². The summed E-state index contributed by atoms with van der Waals surface area (Å²) in [4.78, 5) is 18.0. The summed E-state index contributed by atoms with van der Waals surface area (Å²) in [5, 5.41) is 5.59. The topological polar surface area (TPSA) is 66.5 Å². The van der Waals surface area contributed by atoms with E-state index in [1.807, 2.05) is 62.3 Å². The highest BCUT2D eigenvalue weighted by Crippen LogP contribution is 2.11. The Kier molecular flexibility index (Phi) is 6.42. The smallest absolute Gasteiger partial charge is 0.315 e. The monoisotopic (exact) mass is 328 g/mol. The quantitative estimate of drug-likeness (QED) is 0.766. The number of ether oxygens (including phenoxy) is 1. The van der Waals surface area contributed by atoms with Crippen LogP contribution in [0.4, 0.5) is 10.6 Å². The zero-order valence-corrected chi connectivity index (χ0v) is 14.4. The van der Waals surface area contributed by atoms with E-state index in [0.29, 0.717) is 19.7 Å². The minimum absolute atomic E-state index is 0.217. The normalized spacial score (nSPS) is 10.1. The van der Waals surface area contributed by atoms with Crippen molar-refractivity contribution in [3.05, 3.63) is 53.7 Å². The second-order valence-corrected chi connectivity index (χ2v) is 5.69. The van der Waals surface area contributed by atoms with E-state index in [1.54, 1.807) is 6.20 Å². The molecule has 6 heteroatoms. The molecule has 0 radical (unpaired) electrons. The van der Waals surface area contributed by atoms with E-state index in [1.165, 1.54) is 5.56 Å². The number of carbonyl (C=O) groups is 1. The Morgan fingerprint density at radius 3 is 2.62 bits per heavy atom. The number of carbonyl (C=O) groups excluding carboxylic acids is 1. The number of benzene rings is 1. The molecular formula is C18H24N4O2. The highest BCUT2D eigenvalue weighted by Gasteiger charge is 2.03. The SMILES string of the molecule is Cc1ccc(OCCNC(=O)NCc2ccnc(N(C)C)c2)cc1. The summed E-state index contributed by atoms with van der Waals surface area (Å²) in [6.45, 7) is 3.35. The number of nitrogens with zero attached hydrogens (tertiary/aromatic N) is 2. The first kappa shape index (κ1) is 17.6. The zero-order chi connectivity index (χ0) is 17.4. The molecule has 0 atom stereocenters. The number of anilines is 1. The Hall–Kier alpha value is -2.76. The Balaban J connectivity index is 1.66. The lowest BCUT2D eigenvalue weighted by molar-refractivity contribution is 0.236. The van der Waals surface area contributed by atoms with Crippen LogP contribution in [0.25, 0.3) is 0 Å². The average molecular weight is 328 g/mol. The standard InChI is InChI=1S/C18H24N4O2/c1-14-4-6-16(7-5-14)24-11-10-20-18(23)21-13-15-8-9-19-17(12-15)22(2)3/h4-9,12H,10-11,13H2,1-3H3,(H2,20,21,23). The number of aryl methyl sites for hydroxylation is 1. The van der Waals surface area contributed by atoms with Gasteiger partial charge in [0, 0.05) is 26.8 Å². The van der Waals surface area contributed by atoms with E-state index in [2.05, 4.69) is 15.6 Å². The number of pyridine rings is 1. The van der Waals surface area contributed by atoms with Crippen LogP contribution in [0.3, 0.4) is 0 Å². The van der Waals surface area contributed by atoms with Crippen molar-refractivity contribution >= 4 is 11.8 Å². The number of hydrogen-bond donors (Lipinski definition) is 2. The van der Waals surface area contributed by atoms with Crippen molar-refractivity contribution in [3.63, 3.8) is 0 Å². The summed E-state index contributed by atoms with van der Waals surface area (Å²) in [6, 6.07) is 11.4. The van der Waals surface area contributed by atoms with Gasteiger partial charge in [-0.1, -0.05) is 17.7 Å². The van der Waals surface area contributed by atoms with E-state index < -0.39 is 0 Å². The van der Waals surface area contributed by atoms with Gasteiger partial charge in [-0.05, 0) is 36.8 Å². The molecule has 1 aromatic heterocycles. The van der Waals surface area contributed by atoms with E-state index in [0.717, 1.165) is 17.1 Å². The molecule has 0 unspecified atom stereocenters. The van der Waals surface area contributed by atoms with Crippen LogP contribution in [-0.2, 0) is 6.54 Å². The fraction of sp³-hybridized carbons (Fsp3) is 0.333. The number of amides is 2. The maximum atomic E-state index is 11.8. The van der Waals surface area contributed by atoms with Crippen molar-refractivity contribution in [2.75, 3.05) is 32.1 Å². The molecule has 1 aromatic carbocycles. The number of hydrogen-bond acceptors (Lipinski definition) is 4. The van der Waals surface area contributed by atoms with Crippen LogP contribution >= 0.6 is 0 Å². The molecule has 2 aromatic rings. The van der Waals surface area contributed by atoms with Crippen molar-refractivity contribution in [1.82, 2.24) is 15.6 Å². The molecule has 2 N–H and O–H groups in total. The van der Waals surface area contributed by atoms with E-state index in [4.69, 9.17) is 4.74 Å². The van der Waals surface area contributed by atoms with Gasteiger partial charge in [0.15, 0.2) is 0 Å². The van der Waals surface area contributed by atoms with Crippen LogP contribution in [-0.4, -0.2) is 38.3 Å². The third-order valence-electron chi connectivity index (χ3n) is 3.40. The Morgan fingerprint density at radius 2 is 1.92 bits per heavy atom. The van der Waals surface area contributed by atoms with Crippen molar-refractivity contribution in [3.8, 4) is 5.75 Å². The van der Waals surface area contributed by atoms with Gasteiger partial charge in [0.05, 0.1) is 6.54 Å². The van der Waals surface area contributed by atoms with Gasteiger partial charge in [-0.15, -0.1) is 0 Å². The highest BCUT2D eigenvalue weighted by molar-refractivity contribution is 5.73. The Labute approximate surface area is 142 Å². The molecule has 0 spiro atoms. The van der Waals surface area contributed by atoms with Gasteiger partial charge in [-0.3, -0.25) is 0 Å². The summed E-state index contributed by atoms with van der Waals surface area (Å²) in [7, 11) is 3.86. The van der Waals surface area contributed by atoms with Crippen molar-refractivity contribution in [2.24, 2.45) is 0 Å². The zero-order valence-electron chi connectivity index (χ0n) is 14.4. The van der Waals surface area contributed by atoms with E-state index >= 15 is 0 Å². The Morgan fingerprint density at radius 1 is 1.17 bits per heavy atom. The van der Waals surface area contributed by atoms with Crippen LogP contribution in [0.2, 0.25) is 0 Å². The van der Waals surface area contributed by atoms with Gasteiger partial charge in [0.1, 0.15) is 18.2 Å². The molecule has 0 aliphatic rings. The lowest BCUT2D eigenvalue weighted by atomic mass is 10.2. The molecule has 2 rings (SSSR count). The number of nitrogens with one attached hydrogen (secondary N) is 2. The molecule has 0 fully saturated rings. The summed E-state index contributed by atoms with van der Waals surface area (Å²) >= 11 is 0. The lowest BCUT2D eigenvalue weighted by Gasteiger charge is -2.13. The van der Waals surface area contributed by atoms with Gasteiger partial charge in [-0.2, -0.15) is 0 Å². The number of rotatable bonds is 7. The molecule has 0 aliphatic heterocycles. The van der Waals surface area contributed by atoms with Crippen molar-refractivity contribution < 1.29 is 9.53 Å². The first-order valence-corrected chi connectivity index (χ1v) is 7.88. The Bertz CT molecular complexity index is 656. The van der Waals surface area contributed by atoms with Crippen LogP contribution in [0.15, 0.2) is 42.6 Å². The minimum Gasteiger partial charge on any atom is -0.492 e. The van der Waals surface area contributed by atoms with Crippen LogP contribution < -0.4 is 20.3 Å². The summed E-state index contributed by atoms with van der Waals surface area (Å²) in [6.07, 6.45) is 1.74. The fourth-order valence-corrected chi connectivity index (χ4v) is 2.03. The number of urea groups is 1. The first-order chi connectivity index (χ1) is 11.5. The molecule has 128 valence electrons. The molecule has 2 amide bonds. The highest BCUT2D eigenvalue weighted by atomic mass is 16.5. The molecule has 6 nitrogen and oxygen atoms in total. The first-order valence-electron chi connectivity index (χ1n) is 7.88. The van der Waals surface area contributed by atoms with E-state index in [9.17, 15) is 4.79 Å². The summed E-state index contributed by atoms with van der Waals surface area (Å²) in [5.74, 6) is 1.66. The van der Waals surface area contributed by atoms with Gasteiger partial charge in [-0.25, -0.2) is 9.78 Å². The van der Waals surface area contributed by atoms with E-state index in [-0.39, 0.29) is 6.03 Å². The van der Waals surface area contributed by atoms with Crippen molar-refractivity contribution in [1.29, 1.82) is 0 Å². The number of aromatic nitrogens is 1. The van der Waals surface area contributed by atoms with Gasteiger partial charge >= 0.3 is 6.03 Å². The van der Waals surface area contributed by atoms with Gasteiger partial charge < -0.3 is 20.3 Å². The largest absolute Gasteiger partial charge is 0.492 e. The average Bonchev–Trinajstić information content (AvgIpc) is 2.58. The van der Waals surface area contributed by atoms with Gasteiger partial charge in [0.2, 0.25) is 0 Å². The van der Waals surface area contributed by atoms with Crippen LogP contribution in [0.1, 0.15) is 11.1 Å². The summed E-state index contributed by atoms with van der Waals surface area (Å²) < 4.78 is 5.56. The predicted octanol–water partition coefficient (Wildman–Crippen LogP) is 2.33. The van der Waals surface area contributed by atoms with Crippen molar-refractivity contribution in [2.45, 2.75) is 13.5 Å². The second-order valence-electron chi connectivity index (χ2n) is 5.69. The third kappa shape index (κ3) is 5.79. The maximum Gasteiger partial charge on any atom is 0.315 e. The molecule has 0 aliphatic carbocycles. The second kappa shape index (κ2) is 8.76. The van der Waals surface area contributed by atoms with Crippen LogP contribution in [0.5, 0.6) is 5.75 Å². The minimum atomic E-state index is -0.217. The molecule has 0 saturated heterocycles. The fourth-order valence-electron chi connectivity index (χ4n) is 2.03. The lowest BCUT2D eigenvalue weighted by Crippen LogP contribution is -2.37. The molecule has 24 heavy (non-hydrogen) atoms. The molecular weight excluding hydrogens is 304 g/mol. The predicted molar refractivity (Wildman–Crippen MR) is 95.5 cm³/mol. The maximum absolute atomic E-state index is 11.8. The molecule has 0 bridgehead atoms. The third-order valence-corrected chi connectivity index (χ3v) is 3.40. The summed E-state index contributed by atoms with van der Waals surface area (Å²) in [5.41, 5.74) is 2.19.